The number of morpholine rings is 1. The lowest BCUT2D eigenvalue weighted by Gasteiger charge is -2.60. The standard InChI is InChI=1S/C37H59NO7/c1-32(2)27-10-8-22-24-17-26-23(7-9-25(44-26)30(39)33(3,4)41)35(24,6)13-14-36(22)19-37(27,36)12-11-28(32)45-29-18-38(15-16-43-29)31(40)34(5)20-42-21-34/h22-30,39,41H,7-21H2,1-6H3/t22?,23?,24?,25?,26?,27?,28-,29?,30-,35+,36-,37?/m0/s1. The number of fused-ring (bicyclic) bond motifs is 4. The summed E-state index contributed by atoms with van der Waals surface area (Å²) in [4.78, 5) is 15.2. The molecule has 2 spiro atoms. The fourth-order valence-electron chi connectivity index (χ4n) is 13.2. The number of ether oxygens (including phenoxy) is 4. The Morgan fingerprint density at radius 1 is 0.956 bits per heavy atom. The number of aliphatic hydroxyl groups excluding tert-OH is 1. The molecule has 1 amide bonds. The largest absolute Gasteiger partial charge is 0.388 e. The molecule has 8 unspecified atom stereocenters. The van der Waals surface area contributed by atoms with Gasteiger partial charge in [-0.25, -0.2) is 0 Å². The lowest BCUT2D eigenvalue weighted by Crippen LogP contribution is -2.59. The third-order valence-corrected chi connectivity index (χ3v) is 15.6. The summed E-state index contributed by atoms with van der Waals surface area (Å²) >= 11 is 0. The predicted octanol–water partition coefficient (Wildman–Crippen LogP) is 4.93. The Balaban J connectivity index is 0.955. The van der Waals surface area contributed by atoms with Gasteiger partial charge in [0.05, 0.1) is 55.7 Å². The zero-order chi connectivity index (χ0) is 31.8. The normalized spacial score (nSPS) is 50.2. The molecule has 8 aliphatic rings. The van der Waals surface area contributed by atoms with Crippen molar-refractivity contribution < 1.29 is 34.0 Å². The second-order valence-electron chi connectivity index (χ2n) is 18.7. The molecule has 8 heteroatoms. The molecule has 0 aromatic rings. The molecule has 2 N–H and O–H groups in total. The lowest BCUT2D eigenvalue weighted by molar-refractivity contribution is -0.247. The first kappa shape index (κ1) is 31.5. The summed E-state index contributed by atoms with van der Waals surface area (Å²) < 4.78 is 25.0. The van der Waals surface area contributed by atoms with Crippen LogP contribution < -0.4 is 0 Å². The van der Waals surface area contributed by atoms with Gasteiger partial charge in [0.1, 0.15) is 6.10 Å². The van der Waals surface area contributed by atoms with Gasteiger partial charge in [0.25, 0.3) is 0 Å². The molecule has 0 aromatic heterocycles. The van der Waals surface area contributed by atoms with Crippen molar-refractivity contribution in [2.24, 2.45) is 50.7 Å². The molecule has 12 atom stereocenters. The van der Waals surface area contributed by atoms with Crippen LogP contribution >= 0.6 is 0 Å². The van der Waals surface area contributed by atoms with Crippen molar-refractivity contribution in [1.29, 1.82) is 0 Å². The Bertz CT molecular complexity index is 1200. The minimum Gasteiger partial charge on any atom is -0.388 e. The third kappa shape index (κ3) is 4.40. The Morgan fingerprint density at radius 2 is 1.71 bits per heavy atom. The zero-order valence-corrected chi connectivity index (χ0v) is 28.7. The van der Waals surface area contributed by atoms with E-state index < -0.39 is 17.1 Å². The number of amides is 1. The quantitative estimate of drug-likeness (QED) is 0.445. The van der Waals surface area contributed by atoms with E-state index in [1.54, 1.807) is 13.8 Å². The highest BCUT2D eigenvalue weighted by atomic mass is 16.7. The number of carbonyl (C=O) groups excluding carboxylic acids is 1. The summed E-state index contributed by atoms with van der Waals surface area (Å²) in [5, 5.41) is 21.4. The van der Waals surface area contributed by atoms with Crippen molar-refractivity contribution in [3.8, 4) is 0 Å². The van der Waals surface area contributed by atoms with Crippen LogP contribution in [0.4, 0.5) is 0 Å². The molecule has 5 saturated carbocycles. The highest BCUT2D eigenvalue weighted by Gasteiger charge is 2.80. The Kier molecular flexibility index (Phi) is 7.09. The van der Waals surface area contributed by atoms with E-state index in [2.05, 4.69) is 20.8 Å². The topological polar surface area (TPSA) is 97.7 Å². The van der Waals surface area contributed by atoms with Crippen molar-refractivity contribution in [2.75, 3.05) is 32.9 Å². The van der Waals surface area contributed by atoms with Crippen molar-refractivity contribution >= 4 is 5.91 Å². The van der Waals surface area contributed by atoms with Crippen LogP contribution in [0.2, 0.25) is 0 Å². The van der Waals surface area contributed by atoms with Crippen molar-refractivity contribution in [3.05, 3.63) is 0 Å². The van der Waals surface area contributed by atoms with E-state index in [4.69, 9.17) is 18.9 Å². The van der Waals surface area contributed by atoms with Crippen LogP contribution in [0.1, 0.15) is 106 Å². The van der Waals surface area contributed by atoms with Crippen molar-refractivity contribution in [1.82, 2.24) is 4.90 Å². The van der Waals surface area contributed by atoms with Crippen LogP contribution in [0.15, 0.2) is 0 Å². The molecule has 0 aromatic carbocycles. The summed E-state index contributed by atoms with van der Waals surface area (Å²) in [7, 11) is 0. The Hall–Kier alpha value is -0.770. The van der Waals surface area contributed by atoms with Gasteiger partial charge in [-0.15, -0.1) is 0 Å². The smallest absolute Gasteiger partial charge is 0.233 e. The molecule has 0 bridgehead atoms. The minimum atomic E-state index is -1.14. The number of carbonyl (C=O) groups is 1. The van der Waals surface area contributed by atoms with E-state index in [1.807, 2.05) is 11.8 Å². The van der Waals surface area contributed by atoms with Crippen LogP contribution in [-0.4, -0.2) is 90.2 Å². The second kappa shape index (κ2) is 10.1. The molecule has 8 fully saturated rings. The molecule has 3 saturated heterocycles. The summed E-state index contributed by atoms with van der Waals surface area (Å²) in [6.45, 7) is 15.6. The van der Waals surface area contributed by atoms with E-state index in [0.29, 0.717) is 66.9 Å². The van der Waals surface area contributed by atoms with Crippen molar-refractivity contribution in [2.45, 2.75) is 142 Å². The summed E-state index contributed by atoms with van der Waals surface area (Å²) in [6.07, 6.45) is 10.9. The maximum atomic E-state index is 13.2. The third-order valence-electron chi connectivity index (χ3n) is 15.6. The van der Waals surface area contributed by atoms with Crippen LogP contribution in [0, 0.1) is 50.7 Å². The number of nitrogens with zero attached hydrogens (tertiary/aromatic N) is 1. The van der Waals surface area contributed by atoms with Gasteiger partial charge in [0.15, 0.2) is 6.29 Å². The molecule has 3 heterocycles. The first-order valence-corrected chi connectivity index (χ1v) is 18.3. The van der Waals surface area contributed by atoms with Crippen molar-refractivity contribution in [3.63, 3.8) is 0 Å². The van der Waals surface area contributed by atoms with E-state index >= 15 is 0 Å². The van der Waals surface area contributed by atoms with E-state index in [-0.39, 0.29) is 35.9 Å². The number of hydrogen-bond acceptors (Lipinski definition) is 7. The summed E-state index contributed by atoms with van der Waals surface area (Å²) in [5.74, 6) is 2.86. The molecule has 45 heavy (non-hydrogen) atoms. The molecule has 254 valence electrons. The monoisotopic (exact) mass is 629 g/mol. The summed E-state index contributed by atoms with van der Waals surface area (Å²) in [6, 6.07) is 0. The fraction of sp³-hybridized carbons (Fsp3) is 0.973. The SMILES string of the molecule is CC1(C(=O)N2CCOC(O[C@H]3CCC45C[C@]46CC[C@]4(C)C7CCC([C@H](O)C(C)(C)O)OC7CC4C6CCC5C3(C)C)C2)COC1. The molecule has 0 radical (unpaired) electrons. The van der Waals surface area contributed by atoms with Gasteiger partial charge in [-0.2, -0.15) is 0 Å². The Labute approximate surface area is 270 Å². The molecule has 5 aliphatic carbocycles. The van der Waals surface area contributed by atoms with Crippen LogP contribution in [0.3, 0.4) is 0 Å². The zero-order valence-electron chi connectivity index (χ0n) is 28.7. The minimum absolute atomic E-state index is 0.0597. The average Bonchev–Trinajstić information content (AvgIpc) is 3.56. The predicted molar refractivity (Wildman–Crippen MR) is 168 cm³/mol. The first-order chi connectivity index (χ1) is 21.1. The van der Waals surface area contributed by atoms with Gasteiger partial charge in [-0.05, 0) is 130 Å². The van der Waals surface area contributed by atoms with E-state index in [0.717, 1.165) is 31.6 Å². The highest BCUT2D eigenvalue weighted by molar-refractivity contribution is 5.83. The molecule has 8 nitrogen and oxygen atoms in total. The van der Waals surface area contributed by atoms with Crippen LogP contribution in [0.25, 0.3) is 0 Å². The van der Waals surface area contributed by atoms with Gasteiger partial charge >= 0.3 is 0 Å². The van der Waals surface area contributed by atoms with Crippen LogP contribution in [-0.2, 0) is 23.7 Å². The van der Waals surface area contributed by atoms with Crippen LogP contribution in [0.5, 0.6) is 0 Å². The molecular formula is C37H59NO7. The highest BCUT2D eigenvalue weighted by Crippen LogP contribution is 2.87. The molecule has 3 aliphatic heterocycles. The lowest BCUT2D eigenvalue weighted by atomic mass is 9.46. The van der Waals surface area contributed by atoms with Gasteiger partial charge in [0, 0.05) is 6.54 Å². The second-order valence-corrected chi connectivity index (χ2v) is 18.7. The maximum absolute atomic E-state index is 13.2. The van der Waals surface area contributed by atoms with E-state index in [1.165, 1.54) is 38.5 Å². The van der Waals surface area contributed by atoms with Gasteiger partial charge in [0.2, 0.25) is 5.91 Å². The molecule has 8 rings (SSSR count). The summed E-state index contributed by atoms with van der Waals surface area (Å²) in [5.41, 5.74) is -0.257. The van der Waals surface area contributed by atoms with Gasteiger partial charge in [-0.1, -0.05) is 20.8 Å². The molecular weight excluding hydrogens is 570 g/mol. The number of hydrogen-bond donors (Lipinski definition) is 2. The van der Waals surface area contributed by atoms with E-state index in [9.17, 15) is 15.0 Å². The fourth-order valence-corrected chi connectivity index (χ4v) is 13.2. The van der Waals surface area contributed by atoms with Gasteiger partial charge < -0.3 is 34.1 Å². The number of aliphatic hydroxyl groups is 2. The first-order valence-electron chi connectivity index (χ1n) is 18.3. The number of rotatable bonds is 5. The van der Waals surface area contributed by atoms with Gasteiger partial charge in [-0.3, -0.25) is 4.79 Å². The average molecular weight is 630 g/mol. The Morgan fingerprint density at radius 3 is 2.42 bits per heavy atom. The maximum Gasteiger partial charge on any atom is 0.233 e.